The predicted octanol–water partition coefficient (Wildman–Crippen LogP) is 23.9. The van der Waals surface area contributed by atoms with Crippen molar-refractivity contribution >= 4 is 374 Å². The van der Waals surface area contributed by atoms with E-state index >= 15 is 0 Å². The number of ketones is 4. The second-order valence-electron chi connectivity index (χ2n) is 27.7. The molecule has 0 saturated carbocycles. The average Bonchev–Trinajstić information content (AvgIpc) is 1.37. The van der Waals surface area contributed by atoms with Gasteiger partial charge in [0, 0.05) is 29.9 Å². The Bertz CT molecular complexity index is 7020. The Balaban J connectivity index is 0.0000000956. The molecule has 14 heterocycles. The summed E-state index contributed by atoms with van der Waals surface area (Å²) in [6, 6.07) is 105. The van der Waals surface area contributed by atoms with Crippen LogP contribution in [0.25, 0.3) is 53.1 Å². The number of rotatable bonds is 5. The fraction of sp³-hybridized carbons (Fsp3) is 0.0102. The van der Waals surface area contributed by atoms with E-state index in [2.05, 4.69) is 313 Å². The van der Waals surface area contributed by atoms with Gasteiger partial charge in [0.15, 0.2) is 11.6 Å². The molecule has 1 N–H and O–H groups in total. The molecular weight excluding hydrogens is 2080 g/mol. The van der Waals surface area contributed by atoms with Gasteiger partial charge in [0.2, 0.25) is 0 Å². The summed E-state index contributed by atoms with van der Waals surface area (Å²) in [6.07, 6.45) is 2.75. The molecule has 0 amide bonds. The topological polar surface area (TPSA) is 107 Å². The van der Waals surface area contributed by atoms with Gasteiger partial charge in [-0.25, -0.2) is 0 Å². The molecule has 0 fully saturated rings. The number of Topliss-reactive ketones (excluding diaryl/α,β-unsaturated/α-hetero) is 4. The number of aldehydes is 1. The van der Waals surface area contributed by atoms with E-state index in [1.807, 2.05) is 51.4 Å². The number of hydrogen-bond acceptors (Lipinski definition) is 19. The normalized spacial score (nSPS) is 13.2. The number of nitrogens with zero attached hydrogens (tertiary/aromatic N) is 3. The first-order valence-corrected chi connectivity index (χ1v) is 54.5. The van der Waals surface area contributed by atoms with E-state index in [9.17, 15) is 24.0 Å². The van der Waals surface area contributed by atoms with Crippen LogP contribution < -0.4 is 55.7 Å². The molecule has 0 unspecified atom stereocenters. The molecule has 9 nitrogen and oxygen atoms in total. The van der Waals surface area contributed by atoms with Crippen molar-refractivity contribution in [2.75, 3.05) is 20.0 Å². The van der Waals surface area contributed by atoms with Crippen molar-refractivity contribution in [3.05, 3.63) is 365 Å². The number of carbonyl (C=O) groups is 5. The van der Waals surface area contributed by atoms with Gasteiger partial charge in [-0.1, -0.05) is 48.5 Å². The zero-order valence-corrected chi connectivity index (χ0v) is 80.7. The third-order valence-corrected chi connectivity index (χ3v) is 40.9. The number of fused-ring (bicyclic) bond motifs is 15. The van der Waals surface area contributed by atoms with Gasteiger partial charge in [0.05, 0.1) is 9.30 Å². The standard InChI is InChI=1S/C28H15NO2S2Se.C19H11NOS2Se.C18H11NS2Se.C12H9NSe.C9H6O2.C6H3IS2.C6H4S2/c30-27-17-7-1-2-8-18(17)28(31)19(27)13-16-14-22-23(32-16)15-26(33-22)29-20-9-3-5-11-24(20)34-25-12-6-4-10-21(25)29;21-11-12-9-15-16(22-12)10-19(23-15)20-13-5-1-3-7-17(13)24-18-8-4-2-6-14(18)20;1-3-7-16-12(5-1)19(13-6-2-4-8-17(13)22-16)18-11-15-14(21-18)9-10-20-15;1-3-7-11-9(5-1)13-10-6-2-4-8-12(10)14-11;10-8-5-9(11)7-4-2-1-3-6(7)8;7-6-3-5-4(9-6)1-2-8-5;1-3-7-6-2-4-8-5(1)6/h1-15H;1-11H;1-11H;1-8,13H;1-4H,5H2;1-3H;1-4H. The Morgan fingerprint density at radius 1 is 0.295 bits per heavy atom. The molecule has 10 aromatic heterocycles. The average molecular weight is 2140 g/mol. The maximum absolute atomic E-state index is 12.8. The molecule has 0 atom stereocenters. The first kappa shape index (κ1) is 81.0. The molecule has 20 aromatic rings. The number of hydrogen-bond donors (Lipinski definition) is 1. The van der Waals surface area contributed by atoms with Gasteiger partial charge in [0.1, 0.15) is 0 Å². The second-order valence-corrected chi connectivity index (χ2v) is 49.0. The number of benzene rings is 10. The Morgan fingerprint density at radius 2 is 0.598 bits per heavy atom. The Labute approximate surface area is 780 Å². The zero-order valence-electron chi connectivity index (χ0n) is 63.5. The molecule has 6 aliphatic rings. The van der Waals surface area contributed by atoms with Crippen molar-refractivity contribution in [3.8, 4) is 0 Å². The van der Waals surface area contributed by atoms with Gasteiger partial charge < -0.3 is 0 Å². The number of carbonyl (C=O) groups excluding carboxylic acids is 5. The van der Waals surface area contributed by atoms with Gasteiger partial charge >= 0.3 is 573 Å². The van der Waals surface area contributed by atoms with Crippen molar-refractivity contribution in [2.24, 2.45) is 0 Å². The van der Waals surface area contributed by atoms with Gasteiger partial charge in [-0.05, 0) is 63.0 Å². The summed E-state index contributed by atoms with van der Waals surface area (Å²) in [6.45, 7) is 0. The molecule has 10 aromatic carbocycles. The van der Waals surface area contributed by atoms with Crippen LogP contribution in [0.1, 0.15) is 62.4 Å². The summed E-state index contributed by atoms with van der Waals surface area (Å²) in [5, 5.41) is 15.7. The molecular formula is C98H59IN4O5S10Se4. The van der Waals surface area contributed by atoms with E-state index in [0.717, 1.165) is 25.4 Å². The first-order valence-electron chi connectivity index (χ1n) is 38.1. The Kier molecular flexibility index (Phi) is 23.9. The van der Waals surface area contributed by atoms with Gasteiger partial charge in [-0.3, -0.25) is 9.59 Å². The second kappa shape index (κ2) is 36.0. The van der Waals surface area contributed by atoms with Crippen LogP contribution in [0.4, 0.5) is 60.5 Å². The zero-order chi connectivity index (χ0) is 82.3. The van der Waals surface area contributed by atoms with Crippen molar-refractivity contribution in [1.82, 2.24) is 0 Å². The fourth-order valence-electron chi connectivity index (χ4n) is 14.6. The van der Waals surface area contributed by atoms with E-state index in [4.69, 9.17) is 0 Å². The van der Waals surface area contributed by atoms with E-state index < -0.39 is 0 Å². The molecule has 0 bridgehead atoms. The minimum atomic E-state index is -0.179. The molecule has 26 rings (SSSR count). The van der Waals surface area contributed by atoms with E-state index in [1.165, 1.54) is 137 Å². The van der Waals surface area contributed by atoms with E-state index in [-0.39, 0.29) is 50.1 Å². The van der Waals surface area contributed by atoms with Gasteiger partial charge in [-0.2, -0.15) is 0 Å². The number of nitrogens with one attached hydrogen (secondary N) is 1. The minimum absolute atomic E-state index is 0.0504. The number of anilines is 11. The van der Waals surface area contributed by atoms with Crippen molar-refractivity contribution in [1.29, 1.82) is 0 Å². The summed E-state index contributed by atoms with van der Waals surface area (Å²) in [4.78, 5) is 67.6. The fourth-order valence-corrected chi connectivity index (χ4v) is 35.0. The quantitative estimate of drug-likeness (QED) is 0.0450. The van der Waals surface area contributed by atoms with Crippen LogP contribution in [0.5, 0.6) is 0 Å². The molecule has 24 heteroatoms. The van der Waals surface area contributed by atoms with Crippen LogP contribution in [0.2, 0.25) is 0 Å². The summed E-state index contributed by atoms with van der Waals surface area (Å²) >= 11 is 21.5. The molecule has 0 radical (unpaired) electrons. The van der Waals surface area contributed by atoms with Crippen LogP contribution in [0.15, 0.2) is 330 Å². The van der Waals surface area contributed by atoms with Crippen molar-refractivity contribution < 1.29 is 24.0 Å². The van der Waals surface area contributed by atoms with Crippen molar-refractivity contribution in [2.45, 2.75) is 6.42 Å². The number of thiophene rings is 10. The number of para-hydroxylation sites is 8. The third kappa shape index (κ3) is 16.6. The Morgan fingerprint density at radius 3 is 0.992 bits per heavy atom. The van der Waals surface area contributed by atoms with Crippen LogP contribution in [0.3, 0.4) is 0 Å². The summed E-state index contributed by atoms with van der Waals surface area (Å²) in [5.41, 5.74) is 12.7. The van der Waals surface area contributed by atoms with Crippen molar-refractivity contribution in [3.63, 3.8) is 0 Å². The summed E-state index contributed by atoms with van der Waals surface area (Å²) < 4.78 is 25.9. The SMILES string of the molecule is Ic1cc2sccc2s1.O=C1C(=Cc2cc3sc(N4c5ccccc5[Se]c5ccccc54)cc3s2)C(=O)c2ccccc21.O=C1CC(=O)c2ccccc21.O=Cc1cc2sc(N3c4ccccc4[Se]c4ccccc43)cc2s1.c1cc2sccc2s1.c1ccc2c(c1)Nc1ccccc1[Se]2.c1ccc2c(c1)[Se]c1ccccc1N2c1cc2sccc2s1. The first-order chi connectivity index (χ1) is 59.9. The summed E-state index contributed by atoms with van der Waals surface area (Å²) in [7, 11) is 0. The molecule has 0 spiro atoms. The Hall–Kier alpha value is -9.40. The van der Waals surface area contributed by atoms with Crippen LogP contribution in [0, 0.1) is 2.88 Å². The number of allylic oxidation sites excluding steroid dienone is 1. The van der Waals surface area contributed by atoms with Gasteiger partial charge in [0.25, 0.3) is 0 Å². The molecule has 122 heavy (non-hydrogen) atoms. The van der Waals surface area contributed by atoms with E-state index in [1.54, 1.807) is 123 Å². The molecule has 592 valence electrons. The van der Waals surface area contributed by atoms with Crippen LogP contribution >= 0.6 is 136 Å². The molecule has 0 saturated heterocycles. The monoisotopic (exact) mass is 2140 g/mol. The van der Waals surface area contributed by atoms with Crippen LogP contribution in [-0.2, 0) is 0 Å². The predicted molar refractivity (Wildman–Crippen MR) is 540 cm³/mol. The maximum atomic E-state index is 12.8. The van der Waals surface area contributed by atoms with E-state index in [0.29, 0.717) is 67.1 Å². The molecule has 4 aliphatic heterocycles. The molecule has 2 aliphatic carbocycles. The third-order valence-electron chi connectivity index (χ3n) is 20.1. The summed E-state index contributed by atoms with van der Waals surface area (Å²) in [5.74, 6) is -0.459. The number of halogens is 1. The van der Waals surface area contributed by atoms with Crippen LogP contribution in [-0.4, -0.2) is 89.2 Å². The van der Waals surface area contributed by atoms with Gasteiger partial charge in [-0.15, -0.1) is 45.3 Å².